The average Bonchev–Trinajstić information content (AvgIpc) is 2.89. The molecule has 2 bridgehead atoms. The summed E-state index contributed by atoms with van der Waals surface area (Å²) in [4.78, 5) is 32.2. The number of ether oxygens (including phenoxy) is 1. The van der Waals surface area contributed by atoms with Gasteiger partial charge in [0.2, 0.25) is 0 Å². The fourth-order valence-corrected chi connectivity index (χ4v) is 5.60. The maximum absolute atomic E-state index is 13.2. The number of nitrogens with one attached hydrogen (secondary N) is 1. The highest BCUT2D eigenvalue weighted by Crippen LogP contribution is 2.45. The van der Waals surface area contributed by atoms with Crippen molar-refractivity contribution in [2.24, 2.45) is 0 Å². The molecule has 2 saturated heterocycles. The monoisotopic (exact) mass is 482 g/mol. The minimum atomic E-state index is -0.804. The van der Waals surface area contributed by atoms with E-state index in [9.17, 15) is 9.59 Å². The minimum Gasteiger partial charge on any atom is -0.467 e. The summed E-state index contributed by atoms with van der Waals surface area (Å²) in [5.41, 5.74) is 2.83. The number of urea groups is 1. The van der Waals surface area contributed by atoms with Crippen LogP contribution in [0.15, 0.2) is 78.9 Å². The lowest BCUT2D eigenvalue weighted by atomic mass is 9.90. The Kier molecular flexibility index (Phi) is 5.64. The lowest BCUT2D eigenvalue weighted by Gasteiger charge is -2.50. The molecule has 0 radical (unpaired) electrons. The van der Waals surface area contributed by atoms with Crippen LogP contribution < -0.4 is 15.0 Å². The van der Waals surface area contributed by atoms with Gasteiger partial charge in [0.25, 0.3) is 5.91 Å². The zero-order valence-corrected chi connectivity index (χ0v) is 20.4. The van der Waals surface area contributed by atoms with Crippen molar-refractivity contribution >= 4 is 17.6 Å². The first-order valence-electron chi connectivity index (χ1n) is 12.5. The van der Waals surface area contributed by atoms with Gasteiger partial charge >= 0.3 is 6.03 Å². The molecule has 2 fully saturated rings. The molecule has 2 unspecified atom stereocenters. The molecule has 2 atom stereocenters. The van der Waals surface area contributed by atoms with Gasteiger partial charge in [-0.1, -0.05) is 48.5 Å². The van der Waals surface area contributed by atoms with Crippen LogP contribution in [0.5, 0.6) is 5.75 Å². The van der Waals surface area contributed by atoms with Crippen LogP contribution in [0.25, 0.3) is 0 Å². The van der Waals surface area contributed by atoms with Crippen LogP contribution >= 0.6 is 0 Å². The number of amides is 3. The average molecular weight is 483 g/mol. The van der Waals surface area contributed by atoms with Crippen LogP contribution in [0.3, 0.4) is 0 Å². The zero-order valence-electron chi connectivity index (χ0n) is 20.4. The fourth-order valence-electron chi connectivity index (χ4n) is 5.60. The van der Waals surface area contributed by atoms with Crippen molar-refractivity contribution < 1.29 is 14.3 Å². The third kappa shape index (κ3) is 4.09. The van der Waals surface area contributed by atoms with Crippen molar-refractivity contribution in [3.63, 3.8) is 0 Å². The van der Waals surface area contributed by atoms with Crippen molar-refractivity contribution in [1.82, 2.24) is 15.1 Å². The Hall–Kier alpha value is -3.84. The van der Waals surface area contributed by atoms with E-state index in [4.69, 9.17) is 4.74 Å². The predicted molar refractivity (Wildman–Crippen MR) is 138 cm³/mol. The van der Waals surface area contributed by atoms with Gasteiger partial charge in [0, 0.05) is 56.0 Å². The Bertz CT molecular complexity index is 1270. The largest absolute Gasteiger partial charge is 0.467 e. The third-order valence-electron chi connectivity index (χ3n) is 7.46. The van der Waals surface area contributed by atoms with E-state index in [1.165, 1.54) is 5.56 Å². The second kappa shape index (κ2) is 8.99. The molecule has 0 aliphatic carbocycles. The molecule has 3 aliphatic heterocycles. The van der Waals surface area contributed by atoms with Gasteiger partial charge in [-0.25, -0.2) is 4.79 Å². The number of piperazine rings is 1. The summed E-state index contributed by atoms with van der Waals surface area (Å²) >= 11 is 0. The van der Waals surface area contributed by atoms with Gasteiger partial charge in [-0.15, -0.1) is 0 Å². The van der Waals surface area contributed by atoms with Gasteiger partial charge in [-0.05, 0) is 42.8 Å². The maximum atomic E-state index is 13.2. The number of fused-ring (bicyclic) bond motifs is 4. The van der Waals surface area contributed by atoms with E-state index in [1.54, 1.807) is 4.90 Å². The summed E-state index contributed by atoms with van der Waals surface area (Å²) in [6, 6.07) is 25.3. The van der Waals surface area contributed by atoms with Crippen LogP contribution in [-0.4, -0.2) is 53.6 Å². The number of hydrogen-bond donors (Lipinski definition) is 1. The summed E-state index contributed by atoms with van der Waals surface area (Å²) in [6.45, 7) is 5.96. The number of para-hydroxylation sites is 1. The smallest absolute Gasteiger partial charge is 0.325 e. The van der Waals surface area contributed by atoms with E-state index < -0.39 is 5.72 Å². The number of carbonyl (C=O) groups is 2. The van der Waals surface area contributed by atoms with Crippen molar-refractivity contribution in [3.05, 3.63) is 95.6 Å². The van der Waals surface area contributed by atoms with E-state index in [1.807, 2.05) is 66.4 Å². The molecule has 7 nitrogen and oxygen atoms in total. The van der Waals surface area contributed by atoms with Crippen LogP contribution in [0.1, 0.15) is 40.9 Å². The second-order valence-electron chi connectivity index (χ2n) is 9.96. The first kappa shape index (κ1) is 22.6. The Balaban J connectivity index is 1.13. The van der Waals surface area contributed by atoms with Gasteiger partial charge in [-0.2, -0.15) is 0 Å². The highest BCUT2D eigenvalue weighted by Gasteiger charge is 2.49. The van der Waals surface area contributed by atoms with Gasteiger partial charge in [0.1, 0.15) is 5.75 Å². The number of anilines is 1. The Morgan fingerprint density at radius 3 is 2.39 bits per heavy atom. The van der Waals surface area contributed by atoms with E-state index >= 15 is 0 Å². The van der Waals surface area contributed by atoms with Gasteiger partial charge in [0.15, 0.2) is 5.72 Å². The van der Waals surface area contributed by atoms with Crippen molar-refractivity contribution in [2.75, 3.05) is 31.1 Å². The van der Waals surface area contributed by atoms with Gasteiger partial charge in [-0.3, -0.25) is 14.6 Å². The SMILES string of the molecule is CC12CC(NC(=O)N1c1ccc(C(=O)N3CCN(Cc4ccccc4)CC3)cc1)c1ccccc1O2. The lowest BCUT2D eigenvalue weighted by Crippen LogP contribution is -2.65. The molecule has 3 aromatic rings. The first-order chi connectivity index (χ1) is 17.5. The molecular formula is C29H30N4O3. The van der Waals surface area contributed by atoms with Crippen LogP contribution in [-0.2, 0) is 6.54 Å². The third-order valence-corrected chi connectivity index (χ3v) is 7.46. The van der Waals surface area contributed by atoms with Crippen molar-refractivity contribution in [3.8, 4) is 5.75 Å². The Morgan fingerprint density at radius 1 is 0.944 bits per heavy atom. The summed E-state index contributed by atoms with van der Waals surface area (Å²) < 4.78 is 6.34. The predicted octanol–water partition coefficient (Wildman–Crippen LogP) is 4.41. The fraction of sp³-hybridized carbons (Fsp3) is 0.310. The first-order valence-corrected chi connectivity index (χ1v) is 12.5. The van der Waals surface area contributed by atoms with Crippen molar-refractivity contribution in [2.45, 2.75) is 31.7 Å². The van der Waals surface area contributed by atoms with E-state index in [2.05, 4.69) is 34.5 Å². The quantitative estimate of drug-likeness (QED) is 0.598. The summed E-state index contributed by atoms with van der Waals surface area (Å²) in [5, 5.41) is 3.12. The molecule has 1 N–H and O–H groups in total. The molecule has 0 aromatic heterocycles. The number of nitrogens with zero attached hydrogens (tertiary/aromatic N) is 3. The maximum Gasteiger partial charge on any atom is 0.325 e. The van der Waals surface area contributed by atoms with Crippen LogP contribution in [0.2, 0.25) is 0 Å². The minimum absolute atomic E-state index is 0.0260. The molecule has 0 spiro atoms. The number of carbonyl (C=O) groups excluding carboxylic acids is 2. The molecular weight excluding hydrogens is 452 g/mol. The molecule has 3 aliphatic rings. The van der Waals surface area contributed by atoms with Crippen LogP contribution in [0, 0.1) is 0 Å². The summed E-state index contributed by atoms with van der Waals surface area (Å²) in [7, 11) is 0. The molecule has 3 amide bonds. The Morgan fingerprint density at radius 2 is 1.64 bits per heavy atom. The number of benzene rings is 3. The molecule has 0 saturated carbocycles. The zero-order chi connectivity index (χ0) is 24.7. The number of hydrogen-bond acceptors (Lipinski definition) is 4. The topological polar surface area (TPSA) is 65.1 Å². The summed E-state index contributed by atoms with van der Waals surface area (Å²) in [6.07, 6.45) is 0.643. The molecule has 6 rings (SSSR count). The van der Waals surface area contributed by atoms with E-state index in [0.717, 1.165) is 30.9 Å². The highest BCUT2D eigenvalue weighted by atomic mass is 16.5. The van der Waals surface area contributed by atoms with Crippen molar-refractivity contribution in [1.29, 1.82) is 0 Å². The summed E-state index contributed by atoms with van der Waals surface area (Å²) in [5.74, 6) is 0.817. The second-order valence-corrected chi connectivity index (χ2v) is 9.96. The van der Waals surface area contributed by atoms with E-state index in [0.29, 0.717) is 30.8 Å². The number of rotatable bonds is 4. The van der Waals surface area contributed by atoms with Gasteiger partial charge < -0.3 is 15.0 Å². The standard InChI is InChI=1S/C29H30N4O3/c1-29-19-25(24-9-5-6-10-26(24)36-29)30-28(35)33(29)23-13-11-22(12-14-23)27(34)32-17-15-31(16-18-32)20-21-7-3-2-4-8-21/h2-14,25H,15-20H2,1H3,(H,30,35). The lowest BCUT2D eigenvalue weighted by molar-refractivity contribution is 0.0379. The molecule has 184 valence electrons. The molecule has 36 heavy (non-hydrogen) atoms. The molecule has 3 heterocycles. The Labute approximate surface area is 211 Å². The molecule has 7 heteroatoms. The van der Waals surface area contributed by atoms with Crippen LogP contribution in [0.4, 0.5) is 10.5 Å². The molecule has 3 aromatic carbocycles. The highest BCUT2D eigenvalue weighted by molar-refractivity contribution is 5.97. The van der Waals surface area contributed by atoms with Gasteiger partial charge in [0.05, 0.1) is 6.04 Å². The normalized spacial score (nSPS) is 23.5. The van der Waals surface area contributed by atoms with E-state index in [-0.39, 0.29) is 18.0 Å².